The fourth-order valence-corrected chi connectivity index (χ4v) is 2.08. The van der Waals surface area contributed by atoms with Crippen molar-refractivity contribution >= 4 is 11.9 Å². The number of amides is 1. The second-order valence-electron chi connectivity index (χ2n) is 5.08. The molecular weight excluding hydrogens is 272 g/mol. The summed E-state index contributed by atoms with van der Waals surface area (Å²) in [6.07, 6.45) is 4.92. The monoisotopic (exact) mass is 292 g/mol. The second-order valence-corrected chi connectivity index (χ2v) is 5.08. The number of carboxylic acids is 1. The van der Waals surface area contributed by atoms with Gasteiger partial charge in [0.25, 0.3) is 5.91 Å². The number of carbonyl (C=O) groups excluding carboxylic acids is 1. The van der Waals surface area contributed by atoms with Gasteiger partial charge in [-0.15, -0.1) is 0 Å². The van der Waals surface area contributed by atoms with Crippen LogP contribution in [-0.2, 0) is 4.79 Å². The number of rotatable bonds is 7. The van der Waals surface area contributed by atoms with E-state index < -0.39 is 5.97 Å². The van der Waals surface area contributed by atoms with Crippen LogP contribution in [0.3, 0.4) is 0 Å². The van der Waals surface area contributed by atoms with Crippen molar-refractivity contribution in [2.45, 2.75) is 38.7 Å². The molecular formula is C15H20N2O4. The summed E-state index contributed by atoms with van der Waals surface area (Å²) in [5.74, 6) is -0.649. The Hall–Kier alpha value is -2.11. The van der Waals surface area contributed by atoms with E-state index in [1.54, 1.807) is 18.3 Å². The summed E-state index contributed by atoms with van der Waals surface area (Å²) >= 11 is 0. The number of hydrogen-bond acceptors (Lipinski definition) is 4. The molecule has 1 aromatic heterocycles. The standard InChI is InChI=1S/C15H20N2O4/c1-2-17(9-7-14(18)19)15(20)11-6-8-16-13(10-11)21-12-4-3-5-12/h6,8,10,12H,2-5,7,9H2,1H3,(H,18,19). The Bertz CT molecular complexity index is 514. The van der Waals surface area contributed by atoms with Gasteiger partial charge in [-0.05, 0) is 32.3 Å². The highest BCUT2D eigenvalue weighted by Crippen LogP contribution is 2.24. The highest BCUT2D eigenvalue weighted by molar-refractivity contribution is 5.94. The Kier molecular flexibility index (Phi) is 5.14. The molecule has 6 nitrogen and oxygen atoms in total. The third kappa shape index (κ3) is 4.18. The number of pyridine rings is 1. The van der Waals surface area contributed by atoms with Gasteiger partial charge >= 0.3 is 5.97 Å². The van der Waals surface area contributed by atoms with Crippen LogP contribution >= 0.6 is 0 Å². The van der Waals surface area contributed by atoms with Crippen molar-refractivity contribution in [3.8, 4) is 5.88 Å². The van der Waals surface area contributed by atoms with Gasteiger partial charge < -0.3 is 14.7 Å². The van der Waals surface area contributed by atoms with Gasteiger partial charge in [-0.1, -0.05) is 0 Å². The molecule has 1 N–H and O–H groups in total. The summed E-state index contributed by atoms with van der Waals surface area (Å²) in [5, 5.41) is 8.72. The maximum Gasteiger partial charge on any atom is 0.305 e. The van der Waals surface area contributed by atoms with Crippen LogP contribution < -0.4 is 4.74 Å². The Balaban J connectivity index is 2.02. The number of carbonyl (C=O) groups is 2. The molecule has 1 heterocycles. The van der Waals surface area contributed by atoms with Crippen LogP contribution in [0.25, 0.3) is 0 Å². The first kappa shape index (κ1) is 15.3. The van der Waals surface area contributed by atoms with Crippen molar-refractivity contribution in [2.75, 3.05) is 13.1 Å². The average molecular weight is 292 g/mol. The molecule has 1 aliphatic rings. The number of aliphatic carboxylic acids is 1. The molecule has 0 unspecified atom stereocenters. The zero-order valence-corrected chi connectivity index (χ0v) is 12.1. The number of aromatic nitrogens is 1. The Morgan fingerprint density at radius 1 is 1.48 bits per heavy atom. The van der Waals surface area contributed by atoms with E-state index in [9.17, 15) is 9.59 Å². The van der Waals surface area contributed by atoms with Crippen LogP contribution in [0.15, 0.2) is 18.3 Å². The molecule has 1 fully saturated rings. The molecule has 2 rings (SSSR count). The van der Waals surface area contributed by atoms with Crippen LogP contribution in [0.1, 0.15) is 43.0 Å². The molecule has 6 heteroatoms. The SMILES string of the molecule is CCN(CCC(=O)O)C(=O)c1ccnc(OC2CCC2)c1. The fourth-order valence-electron chi connectivity index (χ4n) is 2.08. The predicted octanol–water partition coefficient (Wildman–Crippen LogP) is 1.95. The third-order valence-electron chi connectivity index (χ3n) is 3.59. The van der Waals surface area contributed by atoms with Crippen LogP contribution in [-0.4, -0.2) is 46.1 Å². The lowest BCUT2D eigenvalue weighted by molar-refractivity contribution is -0.137. The van der Waals surface area contributed by atoms with Crippen molar-refractivity contribution < 1.29 is 19.4 Å². The zero-order chi connectivity index (χ0) is 15.2. The first-order valence-electron chi connectivity index (χ1n) is 7.24. The summed E-state index contributed by atoms with van der Waals surface area (Å²) in [6.45, 7) is 2.49. The summed E-state index contributed by atoms with van der Waals surface area (Å²) in [6, 6.07) is 3.25. The Labute approximate surface area is 123 Å². The van der Waals surface area contributed by atoms with Gasteiger partial charge in [0, 0.05) is 30.9 Å². The minimum absolute atomic E-state index is 0.0594. The first-order chi connectivity index (χ1) is 10.1. The molecule has 0 spiro atoms. The Morgan fingerprint density at radius 3 is 2.81 bits per heavy atom. The van der Waals surface area contributed by atoms with E-state index in [2.05, 4.69) is 4.98 Å². The van der Waals surface area contributed by atoms with Crippen molar-refractivity contribution in [3.63, 3.8) is 0 Å². The third-order valence-corrected chi connectivity index (χ3v) is 3.59. The molecule has 1 aromatic rings. The highest BCUT2D eigenvalue weighted by atomic mass is 16.5. The topological polar surface area (TPSA) is 79.7 Å². The number of ether oxygens (including phenoxy) is 1. The van der Waals surface area contributed by atoms with Crippen molar-refractivity contribution in [1.82, 2.24) is 9.88 Å². The van der Waals surface area contributed by atoms with Crippen LogP contribution in [0.2, 0.25) is 0 Å². The summed E-state index contributed by atoms with van der Waals surface area (Å²) in [7, 11) is 0. The van der Waals surface area contributed by atoms with Gasteiger partial charge in [0.2, 0.25) is 5.88 Å². The normalized spacial score (nSPS) is 14.3. The fraction of sp³-hybridized carbons (Fsp3) is 0.533. The van der Waals surface area contributed by atoms with E-state index in [1.807, 2.05) is 6.92 Å². The molecule has 0 atom stereocenters. The van der Waals surface area contributed by atoms with Crippen molar-refractivity contribution in [3.05, 3.63) is 23.9 Å². The predicted molar refractivity (Wildman–Crippen MR) is 76.3 cm³/mol. The maximum atomic E-state index is 12.4. The van der Waals surface area contributed by atoms with Gasteiger partial charge in [0.1, 0.15) is 6.10 Å². The molecule has 1 amide bonds. The van der Waals surface area contributed by atoms with E-state index in [0.717, 1.165) is 12.8 Å². The van der Waals surface area contributed by atoms with E-state index in [-0.39, 0.29) is 25.0 Å². The van der Waals surface area contributed by atoms with Gasteiger partial charge in [-0.25, -0.2) is 4.98 Å². The molecule has 1 aliphatic carbocycles. The molecule has 1 saturated carbocycles. The molecule has 0 radical (unpaired) electrons. The first-order valence-corrected chi connectivity index (χ1v) is 7.24. The molecule has 0 aromatic carbocycles. The van der Waals surface area contributed by atoms with Gasteiger partial charge in [-0.3, -0.25) is 9.59 Å². The van der Waals surface area contributed by atoms with Crippen molar-refractivity contribution in [1.29, 1.82) is 0 Å². The molecule has 0 saturated heterocycles. The average Bonchev–Trinajstić information content (AvgIpc) is 2.43. The van der Waals surface area contributed by atoms with E-state index in [4.69, 9.17) is 9.84 Å². The lowest BCUT2D eigenvalue weighted by Crippen LogP contribution is -2.33. The van der Waals surface area contributed by atoms with Gasteiger partial charge in [0.05, 0.1) is 6.42 Å². The van der Waals surface area contributed by atoms with E-state index in [0.29, 0.717) is 18.0 Å². The lowest BCUT2D eigenvalue weighted by atomic mass is 9.96. The van der Waals surface area contributed by atoms with Crippen LogP contribution in [0.4, 0.5) is 0 Å². The summed E-state index contributed by atoms with van der Waals surface area (Å²) in [5.41, 5.74) is 0.478. The largest absolute Gasteiger partial charge is 0.481 e. The maximum absolute atomic E-state index is 12.4. The molecule has 0 bridgehead atoms. The highest BCUT2D eigenvalue weighted by Gasteiger charge is 2.21. The van der Waals surface area contributed by atoms with Gasteiger partial charge in [0.15, 0.2) is 0 Å². The van der Waals surface area contributed by atoms with E-state index >= 15 is 0 Å². The smallest absolute Gasteiger partial charge is 0.305 e. The van der Waals surface area contributed by atoms with Gasteiger partial charge in [-0.2, -0.15) is 0 Å². The molecule has 21 heavy (non-hydrogen) atoms. The minimum atomic E-state index is -0.912. The number of hydrogen-bond donors (Lipinski definition) is 1. The number of carboxylic acid groups (broad SMARTS) is 1. The quantitative estimate of drug-likeness (QED) is 0.831. The number of nitrogens with zero attached hydrogens (tertiary/aromatic N) is 2. The summed E-state index contributed by atoms with van der Waals surface area (Å²) in [4.78, 5) is 28.6. The molecule has 0 aliphatic heterocycles. The van der Waals surface area contributed by atoms with Crippen LogP contribution in [0, 0.1) is 0 Å². The zero-order valence-electron chi connectivity index (χ0n) is 12.1. The Morgan fingerprint density at radius 2 is 2.24 bits per heavy atom. The minimum Gasteiger partial charge on any atom is -0.481 e. The second kappa shape index (κ2) is 7.06. The van der Waals surface area contributed by atoms with Crippen LogP contribution in [0.5, 0.6) is 5.88 Å². The summed E-state index contributed by atoms with van der Waals surface area (Å²) < 4.78 is 5.68. The molecule has 114 valence electrons. The van der Waals surface area contributed by atoms with Crippen molar-refractivity contribution in [2.24, 2.45) is 0 Å². The van der Waals surface area contributed by atoms with E-state index in [1.165, 1.54) is 11.3 Å². The lowest BCUT2D eigenvalue weighted by Gasteiger charge is -2.26.